The fourth-order valence-electron chi connectivity index (χ4n) is 2.26. The number of nitrogens with zero attached hydrogens (tertiary/aromatic N) is 2. The minimum Gasteiger partial charge on any atom is -0.252 e. The van der Waals surface area contributed by atoms with Crippen LogP contribution in [0.15, 0.2) is 71.8 Å². The van der Waals surface area contributed by atoms with Gasteiger partial charge in [-0.25, -0.2) is 4.98 Å². The van der Waals surface area contributed by atoms with E-state index in [2.05, 4.69) is 46.7 Å². The molecule has 0 atom stereocenters. The van der Waals surface area contributed by atoms with Gasteiger partial charge in [0.1, 0.15) is 0 Å². The maximum atomic E-state index is 4.65. The highest BCUT2D eigenvalue weighted by Crippen LogP contribution is 2.30. The number of hydrogen-bond acceptors (Lipinski definition) is 4. The van der Waals surface area contributed by atoms with Gasteiger partial charge in [0.05, 0.1) is 11.4 Å². The van der Waals surface area contributed by atoms with Gasteiger partial charge in [-0.15, -0.1) is 11.3 Å². The zero-order valence-electron chi connectivity index (χ0n) is 13.7. The molecule has 2 aromatic carbocycles. The summed E-state index contributed by atoms with van der Waals surface area (Å²) < 4.78 is 0. The Morgan fingerprint density at radius 3 is 2.42 bits per heavy atom. The van der Waals surface area contributed by atoms with Crippen molar-refractivity contribution in [3.63, 3.8) is 0 Å². The van der Waals surface area contributed by atoms with Gasteiger partial charge in [-0.1, -0.05) is 66.7 Å². The second kappa shape index (κ2) is 7.70. The van der Waals surface area contributed by atoms with Gasteiger partial charge >= 0.3 is 0 Å². The monoisotopic (exact) mass is 333 g/mol. The van der Waals surface area contributed by atoms with E-state index in [0.29, 0.717) is 0 Å². The Labute approximate surface area is 146 Å². The molecule has 4 heteroatoms. The highest BCUT2D eigenvalue weighted by molar-refractivity contribution is 7.15. The molecule has 0 aliphatic carbocycles. The van der Waals surface area contributed by atoms with Gasteiger partial charge in [0.25, 0.3) is 0 Å². The lowest BCUT2D eigenvalue weighted by Gasteiger charge is -1.97. The minimum absolute atomic E-state index is 0.804. The summed E-state index contributed by atoms with van der Waals surface area (Å²) in [5, 5.41) is 5.19. The number of aromatic nitrogens is 1. The van der Waals surface area contributed by atoms with Crippen molar-refractivity contribution >= 4 is 28.3 Å². The molecule has 0 saturated heterocycles. The van der Waals surface area contributed by atoms with Gasteiger partial charge in [-0.05, 0) is 25.5 Å². The van der Waals surface area contributed by atoms with Gasteiger partial charge in [0, 0.05) is 10.4 Å². The third-order valence-electron chi connectivity index (χ3n) is 3.49. The van der Waals surface area contributed by atoms with E-state index in [1.807, 2.05) is 55.5 Å². The number of hydrazone groups is 1. The number of hydrogen-bond donors (Lipinski definition) is 1. The number of nitrogens with one attached hydrogen (secondary N) is 1. The second-order valence-corrected chi connectivity index (χ2v) is 6.60. The number of aryl methyl sites for hydroxylation is 1. The standard InChI is InChI=1S/C20H19N3S/c1-15(13-14-17-9-5-3-6-10-17)22-23-20-21-19(16(2)24-20)18-11-7-4-8-12-18/h3-14H,1-2H3,(H,21,23)/b14-13+,22-15-. The number of benzene rings is 2. The van der Waals surface area contributed by atoms with E-state index in [1.54, 1.807) is 11.3 Å². The lowest BCUT2D eigenvalue weighted by molar-refractivity contribution is 1.27. The van der Waals surface area contributed by atoms with Crippen LogP contribution in [0.1, 0.15) is 17.4 Å². The van der Waals surface area contributed by atoms with Crippen molar-refractivity contribution in [3.05, 3.63) is 77.2 Å². The lowest BCUT2D eigenvalue weighted by atomic mass is 10.1. The largest absolute Gasteiger partial charge is 0.252 e. The number of thiazole rings is 1. The maximum absolute atomic E-state index is 4.65. The third kappa shape index (κ3) is 4.18. The van der Waals surface area contributed by atoms with E-state index < -0.39 is 0 Å². The smallest absolute Gasteiger partial charge is 0.204 e. The Morgan fingerprint density at radius 2 is 1.71 bits per heavy atom. The van der Waals surface area contributed by atoms with Gasteiger partial charge in [0.2, 0.25) is 5.13 Å². The summed E-state index contributed by atoms with van der Waals surface area (Å²) in [5.41, 5.74) is 7.25. The molecule has 0 aliphatic heterocycles. The van der Waals surface area contributed by atoms with Gasteiger partial charge in [-0.2, -0.15) is 5.10 Å². The van der Waals surface area contributed by atoms with Gasteiger partial charge in [0.15, 0.2) is 0 Å². The molecule has 24 heavy (non-hydrogen) atoms. The van der Waals surface area contributed by atoms with Crippen LogP contribution >= 0.6 is 11.3 Å². The first-order chi connectivity index (χ1) is 11.7. The van der Waals surface area contributed by atoms with E-state index in [0.717, 1.165) is 27.7 Å². The Kier molecular flexibility index (Phi) is 5.18. The minimum atomic E-state index is 0.804. The van der Waals surface area contributed by atoms with Crippen molar-refractivity contribution in [2.24, 2.45) is 5.10 Å². The SMILES string of the molecule is CC(/C=C/c1ccccc1)=N/Nc1nc(-c2ccccc2)c(C)s1. The average Bonchev–Trinajstić information content (AvgIpc) is 3.00. The molecule has 0 fully saturated rings. The summed E-state index contributed by atoms with van der Waals surface area (Å²) in [6, 6.07) is 20.4. The summed E-state index contributed by atoms with van der Waals surface area (Å²) in [6.07, 6.45) is 4.03. The molecule has 0 amide bonds. The quantitative estimate of drug-likeness (QED) is 0.486. The molecule has 0 aliphatic rings. The molecule has 3 nitrogen and oxygen atoms in total. The molecule has 0 saturated carbocycles. The first-order valence-corrected chi connectivity index (χ1v) is 8.60. The molecule has 120 valence electrons. The third-order valence-corrected chi connectivity index (χ3v) is 4.36. The summed E-state index contributed by atoms with van der Waals surface area (Å²) in [4.78, 5) is 5.82. The molecule has 1 N–H and O–H groups in total. The van der Waals surface area contributed by atoms with Crippen molar-refractivity contribution in [1.82, 2.24) is 4.98 Å². The molecule has 1 heterocycles. The van der Waals surface area contributed by atoms with Crippen LogP contribution in [0.5, 0.6) is 0 Å². The van der Waals surface area contributed by atoms with Crippen molar-refractivity contribution in [1.29, 1.82) is 0 Å². The molecule has 0 radical (unpaired) electrons. The van der Waals surface area contributed by atoms with E-state index in [9.17, 15) is 0 Å². The van der Waals surface area contributed by atoms with Crippen LogP contribution in [0.4, 0.5) is 5.13 Å². The first-order valence-electron chi connectivity index (χ1n) is 7.78. The van der Waals surface area contributed by atoms with Crippen molar-refractivity contribution in [2.75, 3.05) is 5.43 Å². The summed E-state index contributed by atoms with van der Waals surface area (Å²) in [5.74, 6) is 0. The molecule has 0 unspecified atom stereocenters. The maximum Gasteiger partial charge on any atom is 0.204 e. The Morgan fingerprint density at radius 1 is 1.04 bits per heavy atom. The fraction of sp³-hybridized carbons (Fsp3) is 0.100. The topological polar surface area (TPSA) is 37.3 Å². The van der Waals surface area contributed by atoms with Gasteiger partial charge in [-0.3, -0.25) is 5.43 Å². The Bertz CT molecular complexity index is 849. The van der Waals surface area contributed by atoms with E-state index >= 15 is 0 Å². The predicted octanol–water partition coefficient (Wildman–Crippen LogP) is 5.62. The highest BCUT2D eigenvalue weighted by Gasteiger charge is 2.08. The first kappa shape index (κ1) is 16.1. The van der Waals surface area contributed by atoms with E-state index in [1.165, 1.54) is 4.88 Å². The summed E-state index contributed by atoms with van der Waals surface area (Å²) in [6.45, 7) is 4.04. The van der Waals surface area contributed by atoms with E-state index in [4.69, 9.17) is 0 Å². The fourth-order valence-corrected chi connectivity index (χ4v) is 3.04. The summed E-state index contributed by atoms with van der Waals surface area (Å²) in [7, 11) is 0. The van der Waals surface area contributed by atoms with Gasteiger partial charge < -0.3 is 0 Å². The van der Waals surface area contributed by atoms with Crippen LogP contribution in [-0.2, 0) is 0 Å². The van der Waals surface area contributed by atoms with Crippen LogP contribution in [0.2, 0.25) is 0 Å². The van der Waals surface area contributed by atoms with Crippen LogP contribution in [0.3, 0.4) is 0 Å². The van der Waals surface area contributed by atoms with Crippen molar-refractivity contribution in [2.45, 2.75) is 13.8 Å². The lowest BCUT2D eigenvalue weighted by Crippen LogP contribution is -1.94. The zero-order valence-corrected chi connectivity index (χ0v) is 14.5. The average molecular weight is 333 g/mol. The van der Waals surface area contributed by atoms with Crippen LogP contribution < -0.4 is 5.43 Å². The predicted molar refractivity (Wildman–Crippen MR) is 104 cm³/mol. The van der Waals surface area contributed by atoms with Crippen molar-refractivity contribution in [3.8, 4) is 11.3 Å². The molecule has 3 rings (SSSR count). The molecule has 1 aromatic heterocycles. The van der Waals surface area contributed by atoms with E-state index in [-0.39, 0.29) is 0 Å². The van der Waals surface area contributed by atoms with Crippen LogP contribution in [0, 0.1) is 6.92 Å². The Balaban J connectivity index is 1.69. The van der Waals surface area contributed by atoms with Crippen LogP contribution in [-0.4, -0.2) is 10.7 Å². The molecular weight excluding hydrogens is 314 g/mol. The highest BCUT2D eigenvalue weighted by atomic mass is 32.1. The second-order valence-electron chi connectivity index (χ2n) is 5.40. The number of rotatable bonds is 5. The summed E-state index contributed by atoms with van der Waals surface area (Å²) >= 11 is 1.61. The molecule has 0 spiro atoms. The number of anilines is 1. The zero-order chi connectivity index (χ0) is 16.8. The molecule has 0 bridgehead atoms. The van der Waals surface area contributed by atoms with Crippen LogP contribution in [0.25, 0.3) is 17.3 Å². The van der Waals surface area contributed by atoms with Crippen molar-refractivity contribution < 1.29 is 0 Å². The molecule has 3 aromatic rings. The normalized spacial score (nSPS) is 11.8. The Hall–Kier alpha value is -2.72. The number of allylic oxidation sites excluding steroid dienone is 1. The molecular formula is C20H19N3S.